The number of carboxylic acid groups (broad SMARTS) is 1. The highest BCUT2D eigenvalue weighted by Gasteiger charge is 2.44. The Morgan fingerprint density at radius 2 is 2.18 bits per heavy atom. The van der Waals surface area contributed by atoms with Crippen molar-refractivity contribution >= 4 is 5.97 Å². The third-order valence-corrected chi connectivity index (χ3v) is 3.73. The van der Waals surface area contributed by atoms with Crippen LogP contribution in [-0.2, 0) is 11.2 Å². The lowest BCUT2D eigenvalue weighted by Gasteiger charge is -2.38. The zero-order chi connectivity index (χ0) is 12.5. The van der Waals surface area contributed by atoms with Crippen molar-refractivity contribution in [2.24, 2.45) is 5.41 Å². The van der Waals surface area contributed by atoms with E-state index in [0.29, 0.717) is 6.42 Å². The number of ether oxygens (including phenoxy) is 1. The average Bonchev–Trinajstić information content (AvgIpc) is 2.23. The monoisotopic (exact) mass is 234 g/mol. The Balaban J connectivity index is 2.28. The summed E-state index contributed by atoms with van der Waals surface area (Å²) < 4.78 is 5.30. The van der Waals surface area contributed by atoms with Gasteiger partial charge < -0.3 is 9.84 Å². The number of aliphatic carboxylic acids is 1. The number of rotatable bonds is 4. The summed E-state index contributed by atoms with van der Waals surface area (Å²) in [5.41, 5.74) is 1.59. The minimum Gasteiger partial charge on any atom is -0.496 e. The molecule has 2 rings (SSSR count). The molecule has 1 N–H and O–H groups in total. The Kier molecular flexibility index (Phi) is 3.09. The molecule has 0 radical (unpaired) electrons. The van der Waals surface area contributed by atoms with Crippen LogP contribution in [0.4, 0.5) is 0 Å². The van der Waals surface area contributed by atoms with Crippen LogP contribution in [0.2, 0.25) is 0 Å². The van der Waals surface area contributed by atoms with Crippen molar-refractivity contribution in [3.63, 3.8) is 0 Å². The first-order chi connectivity index (χ1) is 8.07. The third-order valence-electron chi connectivity index (χ3n) is 3.73. The van der Waals surface area contributed by atoms with Gasteiger partial charge >= 0.3 is 5.97 Å². The molecule has 1 aliphatic carbocycles. The normalized spacial score (nSPS) is 17.3. The van der Waals surface area contributed by atoms with E-state index in [0.717, 1.165) is 36.1 Å². The summed E-state index contributed by atoms with van der Waals surface area (Å²) in [5.74, 6) is 0.121. The SMILES string of the molecule is COc1ccc(C)cc1CC1(C(=O)O)CCC1. The van der Waals surface area contributed by atoms with Gasteiger partial charge in [-0.3, -0.25) is 4.79 Å². The first-order valence-corrected chi connectivity index (χ1v) is 5.94. The number of aryl methyl sites for hydroxylation is 1. The number of carboxylic acids is 1. The van der Waals surface area contributed by atoms with Crippen molar-refractivity contribution in [1.29, 1.82) is 0 Å². The Morgan fingerprint density at radius 3 is 2.65 bits per heavy atom. The highest BCUT2D eigenvalue weighted by molar-refractivity contribution is 5.76. The van der Waals surface area contributed by atoms with Gasteiger partial charge in [0, 0.05) is 0 Å². The molecule has 3 heteroatoms. The molecule has 0 amide bonds. The van der Waals surface area contributed by atoms with Crippen LogP contribution in [-0.4, -0.2) is 18.2 Å². The fraction of sp³-hybridized carbons (Fsp3) is 0.500. The van der Waals surface area contributed by atoms with Crippen LogP contribution in [0, 0.1) is 12.3 Å². The molecule has 1 fully saturated rings. The standard InChI is InChI=1S/C14H18O3/c1-10-4-5-12(17-2)11(8-10)9-14(13(15)16)6-3-7-14/h4-5,8H,3,6-7,9H2,1-2H3,(H,15,16). The summed E-state index contributed by atoms with van der Waals surface area (Å²) in [4.78, 5) is 11.4. The van der Waals surface area contributed by atoms with Crippen LogP contribution in [0.5, 0.6) is 5.75 Å². The molecule has 0 atom stereocenters. The topological polar surface area (TPSA) is 46.5 Å². The van der Waals surface area contributed by atoms with E-state index in [2.05, 4.69) is 0 Å². The van der Waals surface area contributed by atoms with E-state index >= 15 is 0 Å². The molecule has 0 unspecified atom stereocenters. The average molecular weight is 234 g/mol. The third kappa shape index (κ3) is 2.14. The quantitative estimate of drug-likeness (QED) is 0.871. The first kappa shape index (κ1) is 12.0. The van der Waals surface area contributed by atoms with Crippen molar-refractivity contribution in [3.05, 3.63) is 29.3 Å². The second-order valence-electron chi connectivity index (χ2n) is 4.93. The van der Waals surface area contributed by atoms with Gasteiger partial charge in [0.1, 0.15) is 5.75 Å². The molecule has 0 aliphatic heterocycles. The molecule has 0 bridgehead atoms. The van der Waals surface area contributed by atoms with Crippen molar-refractivity contribution in [2.45, 2.75) is 32.6 Å². The second-order valence-corrected chi connectivity index (χ2v) is 4.93. The highest BCUT2D eigenvalue weighted by atomic mass is 16.5. The maximum atomic E-state index is 11.4. The Bertz CT molecular complexity index is 433. The molecule has 3 nitrogen and oxygen atoms in total. The minimum absolute atomic E-state index is 0.554. The zero-order valence-electron chi connectivity index (χ0n) is 10.3. The van der Waals surface area contributed by atoms with Crippen molar-refractivity contribution in [1.82, 2.24) is 0 Å². The fourth-order valence-corrected chi connectivity index (χ4v) is 2.48. The lowest BCUT2D eigenvalue weighted by molar-refractivity contribution is -0.154. The van der Waals surface area contributed by atoms with Gasteiger partial charge in [0.2, 0.25) is 0 Å². The summed E-state index contributed by atoms with van der Waals surface area (Å²) in [7, 11) is 1.63. The summed E-state index contributed by atoms with van der Waals surface area (Å²) in [5, 5.41) is 9.34. The zero-order valence-corrected chi connectivity index (χ0v) is 10.3. The number of methoxy groups -OCH3 is 1. The summed E-state index contributed by atoms with van der Waals surface area (Å²) in [6, 6.07) is 5.93. The van der Waals surface area contributed by atoms with Gasteiger partial charge in [-0.15, -0.1) is 0 Å². The van der Waals surface area contributed by atoms with Gasteiger partial charge in [0.05, 0.1) is 12.5 Å². The molecule has 0 saturated heterocycles. The maximum Gasteiger partial charge on any atom is 0.309 e. The van der Waals surface area contributed by atoms with E-state index in [-0.39, 0.29) is 0 Å². The smallest absolute Gasteiger partial charge is 0.309 e. The number of carbonyl (C=O) groups is 1. The van der Waals surface area contributed by atoms with Gasteiger partial charge in [0.25, 0.3) is 0 Å². The van der Waals surface area contributed by atoms with E-state index in [1.54, 1.807) is 7.11 Å². The van der Waals surface area contributed by atoms with Crippen molar-refractivity contribution < 1.29 is 14.6 Å². The lowest BCUT2D eigenvalue weighted by atomic mass is 9.65. The van der Waals surface area contributed by atoms with E-state index < -0.39 is 11.4 Å². The molecule has 1 aromatic carbocycles. The fourth-order valence-electron chi connectivity index (χ4n) is 2.48. The largest absolute Gasteiger partial charge is 0.496 e. The second kappa shape index (κ2) is 4.40. The van der Waals surface area contributed by atoms with Crippen LogP contribution in [0.1, 0.15) is 30.4 Å². The van der Waals surface area contributed by atoms with Crippen LogP contribution >= 0.6 is 0 Å². The van der Waals surface area contributed by atoms with Crippen molar-refractivity contribution in [2.75, 3.05) is 7.11 Å². The van der Waals surface area contributed by atoms with Gasteiger partial charge in [-0.25, -0.2) is 0 Å². The van der Waals surface area contributed by atoms with Crippen molar-refractivity contribution in [3.8, 4) is 5.75 Å². The highest BCUT2D eigenvalue weighted by Crippen LogP contribution is 2.45. The Morgan fingerprint density at radius 1 is 1.47 bits per heavy atom. The number of hydrogen-bond donors (Lipinski definition) is 1. The molecule has 0 spiro atoms. The molecular weight excluding hydrogens is 216 g/mol. The predicted octanol–water partition coefficient (Wildman–Crippen LogP) is 2.80. The van der Waals surface area contributed by atoms with Crippen LogP contribution in [0.3, 0.4) is 0 Å². The van der Waals surface area contributed by atoms with Gasteiger partial charge in [-0.1, -0.05) is 24.1 Å². The minimum atomic E-state index is -0.674. The molecule has 92 valence electrons. The molecule has 0 aromatic heterocycles. The molecule has 1 saturated carbocycles. The molecule has 0 heterocycles. The van der Waals surface area contributed by atoms with Crippen LogP contribution in [0.25, 0.3) is 0 Å². The van der Waals surface area contributed by atoms with E-state index in [1.165, 1.54) is 0 Å². The molecule has 1 aromatic rings. The number of hydrogen-bond acceptors (Lipinski definition) is 2. The molecule has 1 aliphatic rings. The summed E-state index contributed by atoms with van der Waals surface area (Å²) in [6.45, 7) is 2.01. The summed E-state index contributed by atoms with van der Waals surface area (Å²) >= 11 is 0. The first-order valence-electron chi connectivity index (χ1n) is 5.94. The predicted molar refractivity (Wildman–Crippen MR) is 65.4 cm³/mol. The maximum absolute atomic E-state index is 11.4. The van der Waals surface area contributed by atoms with E-state index in [4.69, 9.17) is 4.74 Å². The number of benzene rings is 1. The molecular formula is C14H18O3. The molecule has 17 heavy (non-hydrogen) atoms. The Hall–Kier alpha value is -1.51. The van der Waals surface area contributed by atoms with Crippen LogP contribution in [0.15, 0.2) is 18.2 Å². The van der Waals surface area contributed by atoms with Crippen LogP contribution < -0.4 is 4.74 Å². The van der Waals surface area contributed by atoms with Gasteiger partial charge in [0.15, 0.2) is 0 Å². The van der Waals surface area contributed by atoms with Gasteiger partial charge in [-0.05, 0) is 37.8 Å². The van der Waals surface area contributed by atoms with E-state index in [9.17, 15) is 9.90 Å². The lowest BCUT2D eigenvalue weighted by Crippen LogP contribution is -2.39. The van der Waals surface area contributed by atoms with Gasteiger partial charge in [-0.2, -0.15) is 0 Å². The Labute approximate surface area is 101 Å². The summed E-state index contributed by atoms with van der Waals surface area (Å²) in [6.07, 6.45) is 3.15. The van der Waals surface area contributed by atoms with E-state index in [1.807, 2.05) is 25.1 Å².